The van der Waals surface area contributed by atoms with Crippen LogP contribution in [0.1, 0.15) is 24.8 Å². The molecule has 1 heterocycles. The molecule has 170 valence electrons. The molecular formula is C22H31IN4O3S. The Morgan fingerprint density at radius 3 is 2.48 bits per heavy atom. The maximum Gasteiger partial charge on any atom is 0.243 e. The van der Waals surface area contributed by atoms with Crippen molar-refractivity contribution >= 4 is 40.0 Å². The molecule has 9 heteroatoms. The zero-order valence-corrected chi connectivity index (χ0v) is 20.9. The summed E-state index contributed by atoms with van der Waals surface area (Å²) in [5.74, 6) is 1.46. The normalized spacial score (nSPS) is 15.1. The zero-order valence-electron chi connectivity index (χ0n) is 17.8. The Kier molecular flexibility index (Phi) is 10.6. The highest BCUT2D eigenvalue weighted by Gasteiger charge is 2.25. The van der Waals surface area contributed by atoms with Gasteiger partial charge in [-0.25, -0.2) is 8.42 Å². The van der Waals surface area contributed by atoms with E-state index in [1.54, 1.807) is 29.6 Å². The van der Waals surface area contributed by atoms with Crippen LogP contribution < -0.4 is 15.4 Å². The lowest BCUT2D eigenvalue weighted by atomic mass is 10.2. The number of sulfonamides is 1. The number of nitrogens with zero attached hydrogens (tertiary/aromatic N) is 2. The second-order valence-electron chi connectivity index (χ2n) is 7.13. The smallest absolute Gasteiger partial charge is 0.243 e. The molecule has 0 radical (unpaired) electrons. The van der Waals surface area contributed by atoms with E-state index in [9.17, 15) is 8.42 Å². The number of hydrogen-bond donors (Lipinski definition) is 2. The van der Waals surface area contributed by atoms with Crippen LogP contribution in [0.15, 0.2) is 64.5 Å². The molecule has 0 aromatic heterocycles. The predicted octanol–water partition coefficient (Wildman–Crippen LogP) is 3.22. The first-order valence-corrected chi connectivity index (χ1v) is 11.7. The summed E-state index contributed by atoms with van der Waals surface area (Å²) in [6.07, 6.45) is 2.95. The average molecular weight is 558 g/mol. The van der Waals surface area contributed by atoms with Gasteiger partial charge in [0, 0.05) is 26.7 Å². The van der Waals surface area contributed by atoms with Crippen LogP contribution in [0.3, 0.4) is 0 Å². The van der Waals surface area contributed by atoms with Gasteiger partial charge in [0.15, 0.2) is 5.96 Å². The number of halogens is 1. The van der Waals surface area contributed by atoms with E-state index in [4.69, 9.17) is 4.74 Å². The largest absolute Gasteiger partial charge is 0.492 e. The fourth-order valence-corrected chi connectivity index (χ4v) is 4.92. The van der Waals surface area contributed by atoms with Crippen molar-refractivity contribution in [3.8, 4) is 5.75 Å². The average Bonchev–Trinajstić information content (AvgIpc) is 2.80. The molecule has 2 aromatic rings. The number of nitrogens with one attached hydrogen (secondary N) is 2. The molecule has 3 rings (SSSR count). The van der Waals surface area contributed by atoms with Crippen molar-refractivity contribution in [2.45, 2.75) is 30.7 Å². The minimum absolute atomic E-state index is 0. The molecule has 0 saturated carbocycles. The van der Waals surface area contributed by atoms with Gasteiger partial charge >= 0.3 is 0 Å². The standard InChI is InChI=1S/C22H30N4O3S.HI/c1-23-22(24-13-16-29-20-10-4-2-5-11-20)25-18-19-9-8-12-21(17-19)30(27,28)26-14-6-3-7-15-26;/h2,4-5,8-12,17H,3,6-7,13-16,18H2,1H3,(H2,23,24,25);1H. The summed E-state index contributed by atoms with van der Waals surface area (Å²) in [4.78, 5) is 4.55. The third-order valence-corrected chi connectivity index (χ3v) is 6.84. The van der Waals surface area contributed by atoms with E-state index in [1.807, 2.05) is 36.4 Å². The first-order chi connectivity index (χ1) is 14.6. The van der Waals surface area contributed by atoms with E-state index in [1.165, 1.54) is 0 Å². The molecule has 2 aromatic carbocycles. The molecule has 0 spiro atoms. The maximum atomic E-state index is 12.9. The molecular weight excluding hydrogens is 527 g/mol. The van der Waals surface area contributed by atoms with Crippen molar-refractivity contribution < 1.29 is 13.2 Å². The molecule has 2 N–H and O–H groups in total. The molecule has 1 aliphatic rings. The second kappa shape index (κ2) is 12.9. The Labute approximate surface area is 202 Å². The summed E-state index contributed by atoms with van der Waals surface area (Å²) in [5.41, 5.74) is 0.886. The highest BCUT2D eigenvalue weighted by Crippen LogP contribution is 2.21. The van der Waals surface area contributed by atoms with E-state index in [0.717, 1.165) is 30.6 Å². The van der Waals surface area contributed by atoms with E-state index >= 15 is 0 Å². The molecule has 1 saturated heterocycles. The molecule has 1 aliphatic heterocycles. The summed E-state index contributed by atoms with van der Waals surface area (Å²) in [5, 5.41) is 6.41. The number of benzene rings is 2. The van der Waals surface area contributed by atoms with Crippen LogP contribution in [-0.2, 0) is 16.6 Å². The Hall–Kier alpha value is -1.85. The Morgan fingerprint density at radius 2 is 1.77 bits per heavy atom. The third kappa shape index (κ3) is 7.65. The van der Waals surface area contributed by atoms with Gasteiger partial charge in [0.05, 0.1) is 11.4 Å². The van der Waals surface area contributed by atoms with Crippen molar-refractivity contribution in [2.24, 2.45) is 4.99 Å². The Bertz CT molecular complexity index is 933. The molecule has 0 aliphatic carbocycles. The molecule has 0 atom stereocenters. The summed E-state index contributed by atoms with van der Waals surface area (Å²) in [6.45, 7) is 2.79. The van der Waals surface area contributed by atoms with Crippen LogP contribution >= 0.6 is 24.0 Å². The Morgan fingerprint density at radius 1 is 1.03 bits per heavy atom. The molecule has 0 bridgehead atoms. The van der Waals surface area contributed by atoms with Crippen LogP contribution in [0.4, 0.5) is 0 Å². The van der Waals surface area contributed by atoms with Crippen LogP contribution in [0.25, 0.3) is 0 Å². The van der Waals surface area contributed by atoms with Gasteiger partial charge in [-0.2, -0.15) is 4.31 Å². The van der Waals surface area contributed by atoms with Crippen LogP contribution in [0.5, 0.6) is 5.75 Å². The number of rotatable bonds is 8. The van der Waals surface area contributed by atoms with Crippen molar-refractivity contribution in [3.05, 3.63) is 60.2 Å². The fourth-order valence-electron chi connectivity index (χ4n) is 3.33. The number of piperidine rings is 1. The van der Waals surface area contributed by atoms with Gasteiger partial charge in [0.25, 0.3) is 0 Å². The zero-order chi connectivity index (χ0) is 21.2. The Balaban J connectivity index is 0.00000341. The number of hydrogen-bond acceptors (Lipinski definition) is 4. The van der Waals surface area contributed by atoms with Crippen molar-refractivity contribution in [1.82, 2.24) is 14.9 Å². The maximum absolute atomic E-state index is 12.9. The second-order valence-corrected chi connectivity index (χ2v) is 9.06. The molecule has 31 heavy (non-hydrogen) atoms. The monoisotopic (exact) mass is 558 g/mol. The summed E-state index contributed by atoms with van der Waals surface area (Å²) < 4.78 is 33.0. The highest BCUT2D eigenvalue weighted by atomic mass is 127. The van der Waals surface area contributed by atoms with E-state index in [0.29, 0.717) is 43.6 Å². The molecule has 0 unspecified atom stereocenters. The lowest BCUT2D eigenvalue weighted by Crippen LogP contribution is -2.39. The molecule has 7 nitrogen and oxygen atoms in total. The number of para-hydroxylation sites is 1. The van der Waals surface area contributed by atoms with Gasteiger partial charge in [0.2, 0.25) is 10.0 Å². The summed E-state index contributed by atoms with van der Waals surface area (Å²) >= 11 is 0. The fraction of sp³-hybridized carbons (Fsp3) is 0.409. The summed E-state index contributed by atoms with van der Waals surface area (Å²) in [6, 6.07) is 16.8. The van der Waals surface area contributed by atoms with Crippen molar-refractivity contribution in [1.29, 1.82) is 0 Å². The topological polar surface area (TPSA) is 83.0 Å². The minimum atomic E-state index is -3.43. The summed E-state index contributed by atoms with van der Waals surface area (Å²) in [7, 11) is -1.73. The van der Waals surface area contributed by atoms with E-state index in [2.05, 4.69) is 15.6 Å². The van der Waals surface area contributed by atoms with Crippen LogP contribution in [0, 0.1) is 0 Å². The lowest BCUT2D eigenvalue weighted by molar-refractivity contribution is 0.322. The van der Waals surface area contributed by atoms with Gasteiger partial charge in [-0.3, -0.25) is 4.99 Å². The predicted molar refractivity (Wildman–Crippen MR) is 135 cm³/mol. The number of ether oxygens (including phenoxy) is 1. The van der Waals surface area contributed by atoms with E-state index in [-0.39, 0.29) is 24.0 Å². The van der Waals surface area contributed by atoms with Crippen molar-refractivity contribution in [2.75, 3.05) is 33.3 Å². The number of aliphatic imine (C=N–C) groups is 1. The molecule has 0 amide bonds. The van der Waals surface area contributed by atoms with Gasteiger partial charge < -0.3 is 15.4 Å². The van der Waals surface area contributed by atoms with Gasteiger partial charge in [-0.1, -0.05) is 36.8 Å². The third-order valence-electron chi connectivity index (χ3n) is 4.94. The van der Waals surface area contributed by atoms with Gasteiger partial charge in [-0.15, -0.1) is 24.0 Å². The molecule has 1 fully saturated rings. The first-order valence-electron chi connectivity index (χ1n) is 10.3. The van der Waals surface area contributed by atoms with Crippen LogP contribution in [-0.4, -0.2) is 52.0 Å². The SMILES string of the molecule is CN=C(NCCOc1ccccc1)NCc1cccc(S(=O)(=O)N2CCCCC2)c1.I. The lowest BCUT2D eigenvalue weighted by Gasteiger charge is -2.26. The van der Waals surface area contributed by atoms with Crippen molar-refractivity contribution in [3.63, 3.8) is 0 Å². The highest BCUT2D eigenvalue weighted by molar-refractivity contribution is 14.0. The van der Waals surface area contributed by atoms with Gasteiger partial charge in [-0.05, 0) is 42.7 Å². The van der Waals surface area contributed by atoms with Gasteiger partial charge in [0.1, 0.15) is 12.4 Å². The first kappa shape index (κ1) is 25.4. The number of guanidine groups is 1. The quantitative estimate of drug-likeness (QED) is 0.225. The van der Waals surface area contributed by atoms with Crippen LogP contribution in [0.2, 0.25) is 0 Å². The van der Waals surface area contributed by atoms with E-state index < -0.39 is 10.0 Å². The minimum Gasteiger partial charge on any atom is -0.492 e.